The Kier molecular flexibility index (Phi) is 5.00. The van der Waals surface area contributed by atoms with Crippen LogP contribution in [0.4, 0.5) is 0 Å². The van der Waals surface area contributed by atoms with Gasteiger partial charge in [-0.15, -0.1) is 11.8 Å². The summed E-state index contributed by atoms with van der Waals surface area (Å²) in [4.78, 5) is 0. The second kappa shape index (κ2) is 6.06. The highest BCUT2D eigenvalue weighted by atomic mass is 32.2. The van der Waals surface area contributed by atoms with E-state index in [4.69, 9.17) is 10.5 Å². The first kappa shape index (κ1) is 11.6. The maximum atomic E-state index is 5.70. The zero-order valence-electron chi connectivity index (χ0n) is 8.64. The minimum Gasteiger partial charge on any atom is -0.384 e. The summed E-state index contributed by atoms with van der Waals surface area (Å²) in [6, 6.07) is 0. The van der Waals surface area contributed by atoms with E-state index in [-0.39, 0.29) is 0 Å². The lowest BCUT2D eigenvalue weighted by Crippen LogP contribution is -2.10. The van der Waals surface area contributed by atoms with Crippen molar-refractivity contribution in [3.63, 3.8) is 0 Å². The van der Waals surface area contributed by atoms with Gasteiger partial charge >= 0.3 is 0 Å². The molecule has 1 heterocycles. The fourth-order valence-electron chi connectivity index (χ4n) is 1.18. The van der Waals surface area contributed by atoms with Gasteiger partial charge in [-0.1, -0.05) is 0 Å². The molecule has 1 rings (SSSR count). The van der Waals surface area contributed by atoms with E-state index in [9.17, 15) is 0 Å². The van der Waals surface area contributed by atoms with E-state index in [0.29, 0.717) is 11.8 Å². The molecule has 1 unspecified atom stereocenters. The quantitative estimate of drug-likeness (QED) is 0.713. The Labute approximate surface area is 88.8 Å². The Morgan fingerprint density at radius 2 is 2.50 bits per heavy atom. The molecule has 1 aromatic rings. The maximum absolute atomic E-state index is 5.70. The number of thioether (sulfide) groups is 1. The second-order valence-electron chi connectivity index (χ2n) is 3.04. The van der Waals surface area contributed by atoms with Crippen LogP contribution in [0.2, 0.25) is 0 Å². The van der Waals surface area contributed by atoms with Gasteiger partial charge in [-0.3, -0.25) is 4.68 Å². The van der Waals surface area contributed by atoms with E-state index in [1.807, 2.05) is 31.2 Å². The third kappa shape index (κ3) is 3.32. The molecule has 1 aromatic heterocycles. The second-order valence-corrected chi connectivity index (χ2v) is 4.35. The van der Waals surface area contributed by atoms with E-state index >= 15 is 0 Å². The van der Waals surface area contributed by atoms with Crippen molar-refractivity contribution in [1.82, 2.24) is 9.78 Å². The van der Waals surface area contributed by atoms with Crippen LogP contribution in [0.25, 0.3) is 0 Å². The van der Waals surface area contributed by atoms with Crippen molar-refractivity contribution in [2.45, 2.75) is 5.25 Å². The van der Waals surface area contributed by atoms with Crippen LogP contribution in [0.15, 0.2) is 12.4 Å². The van der Waals surface area contributed by atoms with Crippen LogP contribution in [0, 0.1) is 0 Å². The van der Waals surface area contributed by atoms with E-state index in [0.717, 1.165) is 12.4 Å². The number of hydrogen-bond donors (Lipinski definition) is 1. The Morgan fingerprint density at radius 1 is 1.71 bits per heavy atom. The van der Waals surface area contributed by atoms with Gasteiger partial charge in [0.25, 0.3) is 0 Å². The van der Waals surface area contributed by atoms with Crippen molar-refractivity contribution >= 4 is 11.8 Å². The Hall–Kier alpha value is -0.520. The summed E-state index contributed by atoms with van der Waals surface area (Å²) in [5.41, 5.74) is 6.89. The van der Waals surface area contributed by atoms with Crippen LogP contribution >= 0.6 is 11.8 Å². The van der Waals surface area contributed by atoms with Gasteiger partial charge in [0, 0.05) is 43.5 Å². The Balaban J connectivity index is 2.45. The van der Waals surface area contributed by atoms with Gasteiger partial charge in [0.15, 0.2) is 0 Å². The summed E-state index contributed by atoms with van der Waals surface area (Å²) >= 11 is 1.81. The first-order valence-corrected chi connectivity index (χ1v) is 5.62. The number of ether oxygens (including phenoxy) is 1. The normalized spacial score (nSPS) is 13.1. The molecule has 14 heavy (non-hydrogen) atoms. The fraction of sp³-hybridized carbons (Fsp3) is 0.667. The minimum atomic E-state index is 0.332. The molecule has 0 amide bonds. The molecule has 0 aliphatic carbocycles. The predicted molar refractivity (Wildman–Crippen MR) is 59.3 cm³/mol. The molecule has 0 saturated heterocycles. The van der Waals surface area contributed by atoms with Gasteiger partial charge in [-0.2, -0.15) is 5.10 Å². The molecule has 0 saturated carbocycles. The smallest absolute Gasteiger partial charge is 0.0553 e. The molecule has 0 aliphatic rings. The molecule has 0 aromatic carbocycles. The Bertz CT molecular complexity index is 264. The number of rotatable bonds is 6. The molecule has 0 fully saturated rings. The first-order chi connectivity index (χ1) is 6.77. The number of aryl methyl sites for hydroxylation is 1. The highest BCUT2D eigenvalue weighted by molar-refractivity contribution is 7.99. The van der Waals surface area contributed by atoms with E-state index in [2.05, 4.69) is 5.10 Å². The number of aromatic nitrogens is 2. The zero-order valence-corrected chi connectivity index (χ0v) is 9.46. The van der Waals surface area contributed by atoms with Gasteiger partial charge in [-0.25, -0.2) is 0 Å². The van der Waals surface area contributed by atoms with E-state index < -0.39 is 0 Å². The third-order valence-electron chi connectivity index (χ3n) is 1.92. The molecule has 0 spiro atoms. The lowest BCUT2D eigenvalue weighted by molar-refractivity contribution is 0.218. The van der Waals surface area contributed by atoms with Crippen LogP contribution in [0.3, 0.4) is 0 Å². The monoisotopic (exact) mass is 215 g/mol. The van der Waals surface area contributed by atoms with Crippen molar-refractivity contribution in [2.24, 2.45) is 12.8 Å². The van der Waals surface area contributed by atoms with E-state index in [1.165, 1.54) is 5.56 Å². The van der Waals surface area contributed by atoms with Crippen LogP contribution in [-0.4, -0.2) is 35.8 Å². The highest BCUT2D eigenvalue weighted by Gasteiger charge is 2.11. The topological polar surface area (TPSA) is 53.1 Å². The zero-order chi connectivity index (χ0) is 10.4. The standard InChI is InChI=1S/C9H17N3OS/c1-12-7-8(6-11-12)9(5-10)14-4-3-13-2/h6-7,9H,3-5,10H2,1-2H3. The number of methoxy groups -OCH3 is 1. The van der Waals surface area contributed by atoms with Crippen molar-refractivity contribution < 1.29 is 4.74 Å². The van der Waals surface area contributed by atoms with Crippen molar-refractivity contribution in [2.75, 3.05) is 26.0 Å². The lowest BCUT2D eigenvalue weighted by Gasteiger charge is -2.11. The summed E-state index contributed by atoms with van der Waals surface area (Å²) in [6.07, 6.45) is 3.88. The largest absolute Gasteiger partial charge is 0.384 e. The highest BCUT2D eigenvalue weighted by Crippen LogP contribution is 2.26. The van der Waals surface area contributed by atoms with Crippen LogP contribution < -0.4 is 5.73 Å². The van der Waals surface area contributed by atoms with Crippen LogP contribution in [0.5, 0.6) is 0 Å². The predicted octanol–water partition coefficient (Wildman–Crippen LogP) is 0.799. The summed E-state index contributed by atoms with van der Waals surface area (Å²) in [6.45, 7) is 1.40. The number of nitrogens with two attached hydrogens (primary N) is 1. The molecule has 0 radical (unpaired) electrons. The Morgan fingerprint density at radius 3 is 3.00 bits per heavy atom. The lowest BCUT2D eigenvalue weighted by atomic mass is 10.2. The molecule has 1 atom stereocenters. The van der Waals surface area contributed by atoms with Gasteiger partial charge in [0.05, 0.1) is 12.8 Å². The van der Waals surface area contributed by atoms with Crippen LogP contribution in [-0.2, 0) is 11.8 Å². The average molecular weight is 215 g/mol. The number of hydrogen-bond acceptors (Lipinski definition) is 4. The molecule has 5 heteroatoms. The third-order valence-corrected chi connectivity index (χ3v) is 3.19. The first-order valence-electron chi connectivity index (χ1n) is 4.57. The van der Waals surface area contributed by atoms with Gasteiger partial charge in [0.1, 0.15) is 0 Å². The van der Waals surface area contributed by atoms with Crippen LogP contribution in [0.1, 0.15) is 10.8 Å². The van der Waals surface area contributed by atoms with Crippen molar-refractivity contribution in [1.29, 1.82) is 0 Å². The van der Waals surface area contributed by atoms with Gasteiger partial charge in [0.2, 0.25) is 0 Å². The molecule has 2 N–H and O–H groups in total. The summed E-state index contributed by atoms with van der Waals surface area (Å²) in [7, 11) is 3.62. The summed E-state index contributed by atoms with van der Waals surface area (Å²) < 4.78 is 6.80. The van der Waals surface area contributed by atoms with Gasteiger partial charge in [-0.05, 0) is 0 Å². The SMILES string of the molecule is COCCSC(CN)c1cnn(C)c1. The molecule has 4 nitrogen and oxygen atoms in total. The van der Waals surface area contributed by atoms with Crippen molar-refractivity contribution in [3.8, 4) is 0 Å². The molecule has 0 aliphatic heterocycles. The number of nitrogens with zero attached hydrogens (tertiary/aromatic N) is 2. The molecular weight excluding hydrogens is 198 g/mol. The molecule has 0 bridgehead atoms. The van der Waals surface area contributed by atoms with E-state index in [1.54, 1.807) is 11.8 Å². The molecule has 80 valence electrons. The van der Waals surface area contributed by atoms with Gasteiger partial charge < -0.3 is 10.5 Å². The summed E-state index contributed by atoms with van der Waals surface area (Å²) in [5.74, 6) is 0.966. The minimum absolute atomic E-state index is 0.332. The maximum Gasteiger partial charge on any atom is 0.0553 e. The average Bonchev–Trinajstić information content (AvgIpc) is 2.60. The summed E-state index contributed by atoms with van der Waals surface area (Å²) in [5, 5.41) is 4.46. The molecular formula is C9H17N3OS. The fourth-order valence-corrected chi connectivity index (χ4v) is 2.18. The van der Waals surface area contributed by atoms with Crippen molar-refractivity contribution in [3.05, 3.63) is 18.0 Å².